The fourth-order valence-electron chi connectivity index (χ4n) is 3.37. The van der Waals surface area contributed by atoms with Crippen LogP contribution in [0.1, 0.15) is 38.2 Å². The van der Waals surface area contributed by atoms with Gasteiger partial charge in [0.25, 0.3) is 5.91 Å². The number of nitrogens with zero attached hydrogens (tertiary/aromatic N) is 1. The van der Waals surface area contributed by atoms with Crippen molar-refractivity contribution in [2.75, 3.05) is 0 Å². The van der Waals surface area contributed by atoms with Crippen molar-refractivity contribution in [3.63, 3.8) is 0 Å². The molecule has 0 aromatic heterocycles. The molecule has 3 atom stereocenters. The van der Waals surface area contributed by atoms with Gasteiger partial charge in [0.15, 0.2) is 6.10 Å². The summed E-state index contributed by atoms with van der Waals surface area (Å²) >= 11 is 5.92. The van der Waals surface area contributed by atoms with Gasteiger partial charge in [0.1, 0.15) is 5.75 Å². The maximum Gasteiger partial charge on any atom is 0.280 e. The van der Waals surface area contributed by atoms with E-state index in [4.69, 9.17) is 16.3 Å². The molecule has 2 aliphatic rings. The maximum atomic E-state index is 12.1. The molecule has 1 amide bonds. The number of hydrogen-bond acceptors (Lipinski definition) is 3. The lowest BCUT2D eigenvalue weighted by Crippen LogP contribution is -2.34. The van der Waals surface area contributed by atoms with Crippen molar-refractivity contribution in [2.24, 2.45) is 16.9 Å². The topological polar surface area (TPSA) is 50.7 Å². The predicted molar refractivity (Wildman–Crippen MR) is 87.3 cm³/mol. The van der Waals surface area contributed by atoms with Crippen LogP contribution in [0.25, 0.3) is 0 Å². The number of ether oxygens (including phenoxy) is 1. The molecular formula is C17H21ClN2O2. The van der Waals surface area contributed by atoms with Crippen molar-refractivity contribution >= 4 is 23.2 Å². The Bertz CT molecular complexity index is 615. The predicted octanol–water partition coefficient (Wildman–Crippen LogP) is 3.71. The molecule has 3 rings (SSSR count). The van der Waals surface area contributed by atoms with Crippen LogP contribution in [0.5, 0.6) is 5.75 Å². The Labute approximate surface area is 135 Å². The average molecular weight is 321 g/mol. The minimum atomic E-state index is -0.595. The van der Waals surface area contributed by atoms with Crippen LogP contribution < -0.4 is 10.2 Å². The van der Waals surface area contributed by atoms with Crippen LogP contribution >= 0.6 is 11.6 Å². The Hall–Kier alpha value is -1.55. The molecule has 0 radical (unpaired) electrons. The van der Waals surface area contributed by atoms with E-state index in [0.717, 1.165) is 23.6 Å². The van der Waals surface area contributed by atoms with E-state index in [9.17, 15) is 4.79 Å². The normalized spacial score (nSPS) is 26.2. The van der Waals surface area contributed by atoms with E-state index in [1.54, 1.807) is 19.1 Å². The van der Waals surface area contributed by atoms with Crippen LogP contribution in [0.2, 0.25) is 5.02 Å². The van der Waals surface area contributed by atoms with Crippen molar-refractivity contribution in [1.82, 2.24) is 5.43 Å². The van der Waals surface area contributed by atoms with Gasteiger partial charge in [-0.15, -0.1) is 0 Å². The highest BCUT2D eigenvalue weighted by molar-refractivity contribution is 6.30. The number of carbonyl (C=O) groups excluding carboxylic acids is 1. The fourth-order valence-corrected chi connectivity index (χ4v) is 3.60. The highest BCUT2D eigenvalue weighted by Gasteiger charge is 2.36. The summed E-state index contributed by atoms with van der Waals surface area (Å²) < 4.78 is 5.70. The van der Waals surface area contributed by atoms with Crippen LogP contribution in [0.15, 0.2) is 23.3 Å². The van der Waals surface area contributed by atoms with Crippen LogP contribution in [0.3, 0.4) is 0 Å². The van der Waals surface area contributed by atoms with Crippen molar-refractivity contribution in [1.29, 1.82) is 0 Å². The van der Waals surface area contributed by atoms with Gasteiger partial charge in [-0.1, -0.05) is 11.6 Å². The summed E-state index contributed by atoms with van der Waals surface area (Å²) in [7, 11) is 0. The first-order valence-corrected chi connectivity index (χ1v) is 8.20. The number of nitrogens with one attached hydrogen (secondary N) is 1. The first-order chi connectivity index (χ1) is 10.5. The van der Waals surface area contributed by atoms with E-state index in [0.29, 0.717) is 16.7 Å². The number of hydrogen-bond donors (Lipinski definition) is 1. The lowest BCUT2D eigenvalue weighted by molar-refractivity contribution is -0.127. The average Bonchev–Trinajstić information content (AvgIpc) is 3.10. The molecule has 2 fully saturated rings. The Kier molecular flexibility index (Phi) is 4.39. The third-order valence-electron chi connectivity index (χ3n) is 4.63. The molecule has 0 heterocycles. The summed E-state index contributed by atoms with van der Waals surface area (Å²) in [5, 5.41) is 4.98. The summed E-state index contributed by atoms with van der Waals surface area (Å²) in [6.07, 6.45) is 4.21. The van der Waals surface area contributed by atoms with E-state index < -0.39 is 6.10 Å². The number of hydrazone groups is 1. The molecule has 0 aliphatic heterocycles. The molecule has 1 aromatic rings. The second kappa shape index (κ2) is 6.29. The molecule has 0 spiro atoms. The third-order valence-corrected chi connectivity index (χ3v) is 4.87. The van der Waals surface area contributed by atoms with Crippen molar-refractivity contribution in [3.05, 3.63) is 28.8 Å². The van der Waals surface area contributed by atoms with Gasteiger partial charge in [0, 0.05) is 10.7 Å². The van der Waals surface area contributed by atoms with Crippen LogP contribution in [0, 0.1) is 18.8 Å². The summed E-state index contributed by atoms with van der Waals surface area (Å²) in [4.78, 5) is 12.1. The quantitative estimate of drug-likeness (QED) is 0.860. The monoisotopic (exact) mass is 320 g/mol. The maximum absolute atomic E-state index is 12.1. The smallest absolute Gasteiger partial charge is 0.280 e. The van der Waals surface area contributed by atoms with Gasteiger partial charge >= 0.3 is 0 Å². The zero-order chi connectivity index (χ0) is 15.7. The molecular weight excluding hydrogens is 300 g/mol. The summed E-state index contributed by atoms with van der Waals surface area (Å²) in [5.74, 6) is 1.82. The summed E-state index contributed by atoms with van der Waals surface area (Å²) in [6.45, 7) is 3.63. The minimum Gasteiger partial charge on any atom is -0.481 e. The Balaban J connectivity index is 1.57. The van der Waals surface area contributed by atoms with Crippen molar-refractivity contribution < 1.29 is 9.53 Å². The Morgan fingerprint density at radius 2 is 2.27 bits per heavy atom. The summed E-state index contributed by atoms with van der Waals surface area (Å²) in [6, 6.07) is 5.35. The Morgan fingerprint density at radius 1 is 1.45 bits per heavy atom. The number of benzene rings is 1. The van der Waals surface area contributed by atoms with Gasteiger partial charge in [0.05, 0.1) is 0 Å². The molecule has 3 unspecified atom stereocenters. The molecule has 2 aliphatic carbocycles. The number of rotatable bonds is 4. The Morgan fingerprint density at radius 3 is 2.91 bits per heavy atom. The van der Waals surface area contributed by atoms with Crippen LogP contribution in [-0.4, -0.2) is 17.7 Å². The molecule has 1 aromatic carbocycles. The van der Waals surface area contributed by atoms with Crippen molar-refractivity contribution in [3.8, 4) is 5.75 Å². The second-order valence-electron chi connectivity index (χ2n) is 6.33. The van der Waals surface area contributed by atoms with Crippen molar-refractivity contribution in [2.45, 2.75) is 45.6 Å². The van der Waals surface area contributed by atoms with Gasteiger partial charge in [0.2, 0.25) is 0 Å². The van der Waals surface area contributed by atoms with E-state index in [-0.39, 0.29) is 5.91 Å². The molecule has 118 valence electrons. The lowest BCUT2D eigenvalue weighted by Gasteiger charge is -2.16. The molecule has 2 bridgehead atoms. The lowest BCUT2D eigenvalue weighted by atomic mass is 9.99. The molecule has 1 N–H and O–H groups in total. The first-order valence-electron chi connectivity index (χ1n) is 7.82. The molecule has 5 heteroatoms. The number of carbonyl (C=O) groups is 1. The fraction of sp³-hybridized carbons (Fsp3) is 0.529. The third kappa shape index (κ3) is 3.27. The van der Waals surface area contributed by atoms with Crippen LogP contribution in [-0.2, 0) is 4.79 Å². The van der Waals surface area contributed by atoms with E-state index in [1.807, 2.05) is 13.0 Å². The molecule has 22 heavy (non-hydrogen) atoms. The standard InChI is InChI=1S/C17H21ClN2O2/c1-10-7-14(18)5-6-16(10)22-11(2)17(21)20-19-15-9-12-3-4-13(15)8-12/h5-7,11-13H,3-4,8-9H2,1-2H3,(H,20,21)/b19-15-. The van der Waals surface area contributed by atoms with Gasteiger partial charge < -0.3 is 4.74 Å². The van der Waals surface area contributed by atoms with Gasteiger partial charge in [-0.3, -0.25) is 4.79 Å². The highest BCUT2D eigenvalue weighted by atomic mass is 35.5. The minimum absolute atomic E-state index is 0.218. The first kappa shape index (κ1) is 15.3. The van der Waals surface area contributed by atoms with Gasteiger partial charge in [-0.25, -0.2) is 5.43 Å². The summed E-state index contributed by atoms with van der Waals surface area (Å²) in [5.41, 5.74) is 4.72. The molecule has 0 saturated heterocycles. The van der Waals surface area contributed by atoms with Gasteiger partial charge in [-0.05, 0) is 75.1 Å². The SMILES string of the molecule is Cc1cc(Cl)ccc1OC(C)C(=O)N/N=C1/CC2CCC1C2. The van der Waals surface area contributed by atoms with E-state index >= 15 is 0 Å². The largest absolute Gasteiger partial charge is 0.481 e. The second-order valence-corrected chi connectivity index (χ2v) is 6.77. The zero-order valence-electron chi connectivity index (χ0n) is 12.9. The van der Waals surface area contributed by atoms with E-state index in [1.165, 1.54) is 19.3 Å². The molecule has 2 saturated carbocycles. The van der Waals surface area contributed by atoms with Gasteiger partial charge in [-0.2, -0.15) is 5.10 Å². The number of amides is 1. The van der Waals surface area contributed by atoms with Crippen LogP contribution in [0.4, 0.5) is 0 Å². The van der Waals surface area contributed by atoms with E-state index in [2.05, 4.69) is 10.5 Å². The number of fused-ring (bicyclic) bond motifs is 2. The number of aryl methyl sites for hydroxylation is 1. The number of halogens is 1. The highest BCUT2D eigenvalue weighted by Crippen LogP contribution is 2.42. The zero-order valence-corrected chi connectivity index (χ0v) is 13.7. The molecule has 4 nitrogen and oxygen atoms in total.